The highest BCUT2D eigenvalue weighted by Gasteiger charge is 2.30. The maximum atomic E-state index is 12.6. The summed E-state index contributed by atoms with van der Waals surface area (Å²) in [4.78, 5) is 40.3. The Morgan fingerprint density at radius 2 is 1.79 bits per heavy atom. The molecule has 0 bridgehead atoms. The van der Waals surface area contributed by atoms with Crippen LogP contribution in [-0.4, -0.2) is 77.6 Å². The first-order valence-electron chi connectivity index (χ1n) is 9.54. The van der Waals surface area contributed by atoms with Gasteiger partial charge >= 0.3 is 5.97 Å². The number of hydrogen-bond donors (Lipinski definition) is 0. The number of carbonyl (C=O) groups is 3. The Morgan fingerprint density at radius 3 is 2.43 bits per heavy atom. The molecule has 1 aromatic rings. The van der Waals surface area contributed by atoms with Crippen LogP contribution in [0.1, 0.15) is 25.3 Å². The van der Waals surface area contributed by atoms with Gasteiger partial charge in [-0.15, -0.1) is 0 Å². The standard InChI is InChI=1S/C20H26N4O4/c1-15(28-20(27)17-8-9-18(25)22(2)21-17)19(26)24-12-10-23(11-13-24)14-16-6-4-3-5-7-16/h3-7,15H,8-14H2,1-2H3. The number of hydrogen-bond acceptors (Lipinski definition) is 6. The van der Waals surface area contributed by atoms with E-state index in [0.29, 0.717) is 13.1 Å². The van der Waals surface area contributed by atoms with Gasteiger partial charge < -0.3 is 9.64 Å². The number of amides is 2. The van der Waals surface area contributed by atoms with Crippen LogP contribution in [0.15, 0.2) is 35.4 Å². The fourth-order valence-electron chi connectivity index (χ4n) is 3.32. The van der Waals surface area contributed by atoms with Crippen LogP contribution >= 0.6 is 0 Å². The predicted octanol–water partition coefficient (Wildman–Crippen LogP) is 0.871. The number of benzene rings is 1. The highest BCUT2D eigenvalue weighted by atomic mass is 16.5. The summed E-state index contributed by atoms with van der Waals surface area (Å²) in [6, 6.07) is 10.2. The van der Waals surface area contributed by atoms with E-state index in [0.717, 1.165) is 24.6 Å². The lowest BCUT2D eigenvalue weighted by Gasteiger charge is -2.35. The average molecular weight is 386 g/mol. The van der Waals surface area contributed by atoms with Gasteiger partial charge in [-0.25, -0.2) is 9.80 Å². The van der Waals surface area contributed by atoms with Gasteiger partial charge in [0.2, 0.25) is 5.91 Å². The zero-order valence-electron chi connectivity index (χ0n) is 16.3. The molecule has 8 nitrogen and oxygen atoms in total. The first-order chi connectivity index (χ1) is 13.4. The van der Waals surface area contributed by atoms with Crippen molar-refractivity contribution in [3.8, 4) is 0 Å². The highest BCUT2D eigenvalue weighted by Crippen LogP contribution is 2.12. The molecule has 1 aromatic carbocycles. The normalized spacial score (nSPS) is 19.2. The zero-order chi connectivity index (χ0) is 20.1. The van der Waals surface area contributed by atoms with Crippen LogP contribution in [0.3, 0.4) is 0 Å². The summed E-state index contributed by atoms with van der Waals surface area (Å²) in [6.07, 6.45) is -0.421. The number of hydrazone groups is 1. The Labute approximate surface area is 164 Å². The molecule has 2 heterocycles. The van der Waals surface area contributed by atoms with Gasteiger partial charge in [0, 0.05) is 52.6 Å². The monoisotopic (exact) mass is 386 g/mol. The molecule has 0 radical (unpaired) electrons. The van der Waals surface area contributed by atoms with E-state index < -0.39 is 12.1 Å². The van der Waals surface area contributed by atoms with Crippen molar-refractivity contribution < 1.29 is 19.1 Å². The third-order valence-corrected chi connectivity index (χ3v) is 5.01. The molecule has 0 N–H and O–H groups in total. The van der Waals surface area contributed by atoms with Crippen molar-refractivity contribution in [2.45, 2.75) is 32.4 Å². The Kier molecular flexibility index (Phi) is 6.41. The van der Waals surface area contributed by atoms with Crippen LogP contribution in [0.2, 0.25) is 0 Å². The SMILES string of the molecule is CC(OC(=O)C1=NN(C)C(=O)CC1)C(=O)N1CCN(Cc2ccccc2)CC1. The van der Waals surface area contributed by atoms with Gasteiger partial charge in [-0.2, -0.15) is 5.10 Å². The van der Waals surface area contributed by atoms with Crippen molar-refractivity contribution in [3.05, 3.63) is 35.9 Å². The van der Waals surface area contributed by atoms with E-state index >= 15 is 0 Å². The average Bonchev–Trinajstić information content (AvgIpc) is 2.70. The molecule has 1 saturated heterocycles. The second kappa shape index (κ2) is 8.97. The number of piperazine rings is 1. The van der Waals surface area contributed by atoms with Crippen LogP contribution in [0.4, 0.5) is 0 Å². The van der Waals surface area contributed by atoms with Gasteiger partial charge in [0.25, 0.3) is 5.91 Å². The molecule has 2 aliphatic heterocycles. The molecule has 2 amide bonds. The zero-order valence-corrected chi connectivity index (χ0v) is 16.3. The molecule has 1 unspecified atom stereocenters. The Hall–Kier alpha value is -2.74. The summed E-state index contributed by atoms with van der Waals surface area (Å²) in [5.74, 6) is -0.981. The van der Waals surface area contributed by atoms with E-state index in [1.54, 1.807) is 11.8 Å². The molecule has 0 saturated carbocycles. The van der Waals surface area contributed by atoms with Gasteiger partial charge in [-0.05, 0) is 12.5 Å². The Morgan fingerprint density at radius 1 is 1.11 bits per heavy atom. The number of nitrogens with zero attached hydrogens (tertiary/aromatic N) is 4. The molecule has 3 rings (SSSR count). The molecular weight excluding hydrogens is 360 g/mol. The Balaban J connectivity index is 1.47. The molecule has 0 aromatic heterocycles. The Bertz CT molecular complexity index is 757. The minimum absolute atomic E-state index is 0.144. The highest BCUT2D eigenvalue weighted by molar-refractivity contribution is 6.37. The van der Waals surface area contributed by atoms with Gasteiger partial charge in [0.05, 0.1) is 0 Å². The maximum Gasteiger partial charge on any atom is 0.355 e. The number of esters is 1. The van der Waals surface area contributed by atoms with Crippen LogP contribution in [0, 0.1) is 0 Å². The summed E-state index contributed by atoms with van der Waals surface area (Å²) in [5, 5.41) is 5.07. The predicted molar refractivity (Wildman–Crippen MR) is 103 cm³/mol. The summed E-state index contributed by atoms with van der Waals surface area (Å²) in [5.41, 5.74) is 1.43. The summed E-state index contributed by atoms with van der Waals surface area (Å²) in [6.45, 7) is 5.20. The van der Waals surface area contributed by atoms with Crippen molar-refractivity contribution in [2.75, 3.05) is 33.2 Å². The van der Waals surface area contributed by atoms with Crippen LogP contribution in [0.5, 0.6) is 0 Å². The van der Waals surface area contributed by atoms with Crippen LogP contribution in [0.25, 0.3) is 0 Å². The lowest BCUT2D eigenvalue weighted by atomic mass is 10.1. The number of ether oxygens (including phenoxy) is 1. The maximum absolute atomic E-state index is 12.6. The summed E-state index contributed by atoms with van der Waals surface area (Å²) < 4.78 is 5.30. The summed E-state index contributed by atoms with van der Waals surface area (Å²) in [7, 11) is 1.50. The minimum atomic E-state index is -0.876. The third-order valence-electron chi connectivity index (χ3n) is 5.01. The number of rotatable bonds is 5. The molecule has 8 heteroatoms. The van der Waals surface area contributed by atoms with Gasteiger partial charge in [-0.3, -0.25) is 14.5 Å². The van der Waals surface area contributed by atoms with E-state index in [9.17, 15) is 14.4 Å². The first kappa shape index (κ1) is 20.0. The number of carbonyl (C=O) groups excluding carboxylic acids is 3. The summed E-state index contributed by atoms with van der Waals surface area (Å²) >= 11 is 0. The van der Waals surface area contributed by atoms with Crippen LogP contribution < -0.4 is 0 Å². The van der Waals surface area contributed by atoms with Crippen molar-refractivity contribution >= 4 is 23.5 Å². The van der Waals surface area contributed by atoms with Gasteiger partial charge in [0.15, 0.2) is 6.10 Å². The van der Waals surface area contributed by atoms with Crippen molar-refractivity contribution in [1.29, 1.82) is 0 Å². The van der Waals surface area contributed by atoms with E-state index in [1.807, 2.05) is 18.2 Å². The second-order valence-corrected chi connectivity index (χ2v) is 7.10. The molecule has 0 aliphatic carbocycles. The third kappa shape index (κ3) is 4.95. The van der Waals surface area contributed by atoms with Crippen molar-refractivity contribution in [1.82, 2.24) is 14.8 Å². The molecule has 0 spiro atoms. The quantitative estimate of drug-likeness (QED) is 0.702. The molecule has 2 aliphatic rings. The van der Waals surface area contributed by atoms with E-state index in [4.69, 9.17) is 4.74 Å². The smallest absolute Gasteiger partial charge is 0.355 e. The fraction of sp³-hybridized carbons (Fsp3) is 0.500. The van der Waals surface area contributed by atoms with E-state index in [1.165, 1.54) is 12.6 Å². The fourth-order valence-corrected chi connectivity index (χ4v) is 3.32. The largest absolute Gasteiger partial charge is 0.448 e. The molecule has 1 atom stereocenters. The van der Waals surface area contributed by atoms with Gasteiger partial charge in [-0.1, -0.05) is 30.3 Å². The van der Waals surface area contributed by atoms with E-state index in [-0.39, 0.29) is 30.4 Å². The molecular formula is C20H26N4O4. The van der Waals surface area contributed by atoms with Crippen molar-refractivity contribution in [2.24, 2.45) is 5.10 Å². The van der Waals surface area contributed by atoms with Gasteiger partial charge in [0.1, 0.15) is 5.71 Å². The minimum Gasteiger partial charge on any atom is -0.448 e. The second-order valence-electron chi connectivity index (χ2n) is 7.10. The first-order valence-corrected chi connectivity index (χ1v) is 9.54. The van der Waals surface area contributed by atoms with E-state index in [2.05, 4.69) is 22.1 Å². The van der Waals surface area contributed by atoms with Crippen molar-refractivity contribution in [3.63, 3.8) is 0 Å². The topological polar surface area (TPSA) is 82.5 Å². The lowest BCUT2D eigenvalue weighted by molar-refractivity contribution is -0.155. The molecule has 1 fully saturated rings. The molecule has 150 valence electrons. The molecule has 28 heavy (non-hydrogen) atoms. The lowest BCUT2D eigenvalue weighted by Crippen LogP contribution is -2.51. The van der Waals surface area contributed by atoms with Crippen LogP contribution in [-0.2, 0) is 25.7 Å².